The van der Waals surface area contributed by atoms with Crippen molar-refractivity contribution in [2.24, 2.45) is 5.84 Å². The van der Waals surface area contributed by atoms with E-state index in [1.165, 1.54) is 12.1 Å². The molecule has 3 nitrogen and oxygen atoms in total. The number of rotatable bonds is 4. The van der Waals surface area contributed by atoms with E-state index in [9.17, 15) is 13.2 Å². The molecule has 1 heterocycles. The van der Waals surface area contributed by atoms with E-state index in [4.69, 9.17) is 5.84 Å². The van der Waals surface area contributed by atoms with Gasteiger partial charge in [-0.1, -0.05) is 18.2 Å². The number of hydrogen-bond acceptors (Lipinski definition) is 3. The molecule has 0 fully saturated rings. The molecule has 0 aliphatic heterocycles. The Kier molecular flexibility index (Phi) is 4.24. The van der Waals surface area contributed by atoms with Crippen LogP contribution >= 0.6 is 0 Å². The molecule has 0 amide bonds. The minimum Gasteiger partial charge on any atom is -0.308 e. The van der Waals surface area contributed by atoms with Crippen molar-refractivity contribution in [3.05, 3.63) is 59.3 Å². The molecule has 0 aliphatic carbocycles. The van der Waals surface area contributed by atoms with Gasteiger partial charge in [0, 0.05) is 6.20 Å². The summed E-state index contributed by atoms with van der Waals surface area (Å²) < 4.78 is 37.3. The van der Waals surface area contributed by atoms with Crippen molar-refractivity contribution >= 4 is 5.82 Å². The zero-order chi connectivity index (χ0) is 14.6. The summed E-state index contributed by atoms with van der Waals surface area (Å²) in [7, 11) is 0. The van der Waals surface area contributed by atoms with Crippen molar-refractivity contribution in [2.75, 3.05) is 5.43 Å². The quantitative estimate of drug-likeness (QED) is 0.668. The van der Waals surface area contributed by atoms with Gasteiger partial charge in [-0.15, -0.1) is 0 Å². The number of nitrogen functional groups attached to an aromatic ring is 1. The van der Waals surface area contributed by atoms with Gasteiger partial charge in [0.25, 0.3) is 0 Å². The first-order chi connectivity index (χ1) is 9.49. The van der Waals surface area contributed by atoms with Crippen LogP contribution in [-0.4, -0.2) is 4.98 Å². The molecular formula is C14H14F3N3. The SMILES string of the molecule is NNc1ccc(CCc2ccc(C(F)(F)F)cc2)cn1. The summed E-state index contributed by atoms with van der Waals surface area (Å²) in [6, 6.07) is 8.86. The molecule has 0 atom stereocenters. The summed E-state index contributed by atoms with van der Waals surface area (Å²) in [5.74, 6) is 5.78. The van der Waals surface area contributed by atoms with Gasteiger partial charge in [-0.2, -0.15) is 13.2 Å². The van der Waals surface area contributed by atoms with Gasteiger partial charge < -0.3 is 5.43 Å². The third-order valence-corrected chi connectivity index (χ3v) is 2.96. The Labute approximate surface area is 114 Å². The molecule has 20 heavy (non-hydrogen) atoms. The van der Waals surface area contributed by atoms with Gasteiger partial charge in [0.2, 0.25) is 0 Å². The highest BCUT2D eigenvalue weighted by molar-refractivity contribution is 5.34. The lowest BCUT2D eigenvalue weighted by atomic mass is 10.0. The van der Waals surface area contributed by atoms with E-state index < -0.39 is 11.7 Å². The first-order valence-corrected chi connectivity index (χ1v) is 6.07. The van der Waals surface area contributed by atoms with Gasteiger partial charge in [0.1, 0.15) is 5.82 Å². The maximum atomic E-state index is 12.4. The lowest BCUT2D eigenvalue weighted by Gasteiger charge is -2.08. The van der Waals surface area contributed by atoms with Crippen LogP contribution < -0.4 is 11.3 Å². The largest absolute Gasteiger partial charge is 0.416 e. The van der Waals surface area contributed by atoms with Crippen LogP contribution in [0.4, 0.5) is 19.0 Å². The molecule has 106 valence electrons. The molecule has 0 saturated heterocycles. The zero-order valence-corrected chi connectivity index (χ0v) is 10.6. The number of aryl methyl sites for hydroxylation is 2. The van der Waals surface area contributed by atoms with Crippen molar-refractivity contribution in [1.29, 1.82) is 0 Å². The van der Waals surface area contributed by atoms with Gasteiger partial charge in [0.05, 0.1) is 5.56 Å². The molecule has 0 saturated carbocycles. The lowest BCUT2D eigenvalue weighted by Crippen LogP contribution is -2.08. The number of nitrogens with one attached hydrogen (secondary N) is 1. The molecule has 6 heteroatoms. The Morgan fingerprint density at radius 1 is 0.950 bits per heavy atom. The van der Waals surface area contributed by atoms with E-state index in [0.717, 1.165) is 23.3 Å². The van der Waals surface area contributed by atoms with Gasteiger partial charge in [-0.05, 0) is 42.2 Å². The predicted molar refractivity (Wildman–Crippen MR) is 70.9 cm³/mol. The summed E-state index contributed by atoms with van der Waals surface area (Å²) in [6.45, 7) is 0. The monoisotopic (exact) mass is 281 g/mol. The second kappa shape index (κ2) is 5.92. The number of nitrogens with zero attached hydrogens (tertiary/aromatic N) is 1. The number of benzene rings is 1. The van der Waals surface area contributed by atoms with Crippen LogP contribution in [0.2, 0.25) is 0 Å². The molecular weight excluding hydrogens is 267 g/mol. The molecule has 2 rings (SSSR count). The molecule has 1 aromatic heterocycles. The number of halogens is 3. The third-order valence-electron chi connectivity index (χ3n) is 2.96. The Bertz CT molecular complexity index is 547. The summed E-state index contributed by atoms with van der Waals surface area (Å²) in [5.41, 5.74) is 3.67. The van der Waals surface area contributed by atoms with Crippen LogP contribution in [0.25, 0.3) is 0 Å². The van der Waals surface area contributed by atoms with Crippen molar-refractivity contribution in [1.82, 2.24) is 4.98 Å². The minimum absolute atomic E-state index is 0.572. The van der Waals surface area contributed by atoms with E-state index in [2.05, 4.69) is 10.4 Å². The molecule has 0 spiro atoms. The molecule has 0 bridgehead atoms. The highest BCUT2D eigenvalue weighted by Crippen LogP contribution is 2.29. The Hall–Kier alpha value is -2.08. The van der Waals surface area contributed by atoms with Crippen LogP contribution in [-0.2, 0) is 19.0 Å². The van der Waals surface area contributed by atoms with E-state index in [-0.39, 0.29) is 0 Å². The number of aromatic nitrogens is 1. The Morgan fingerprint density at radius 2 is 1.55 bits per heavy atom. The standard InChI is InChI=1S/C14H14F3N3/c15-14(16,17)12-6-3-10(4-7-12)1-2-11-5-8-13(20-18)19-9-11/h3-9H,1-2,18H2,(H,19,20). The van der Waals surface area contributed by atoms with Crippen LogP contribution in [0.5, 0.6) is 0 Å². The number of nitrogens with two attached hydrogens (primary N) is 1. The molecule has 2 aromatic rings. The summed E-state index contributed by atoms with van der Waals surface area (Å²) in [4.78, 5) is 4.07. The smallest absolute Gasteiger partial charge is 0.308 e. The lowest BCUT2D eigenvalue weighted by molar-refractivity contribution is -0.137. The predicted octanol–water partition coefficient (Wildman–Crippen LogP) is 3.17. The van der Waals surface area contributed by atoms with Crippen molar-refractivity contribution in [2.45, 2.75) is 19.0 Å². The van der Waals surface area contributed by atoms with E-state index in [1.807, 2.05) is 6.07 Å². The van der Waals surface area contributed by atoms with Gasteiger partial charge in [-0.25, -0.2) is 10.8 Å². The molecule has 0 aliphatic rings. The van der Waals surface area contributed by atoms with Crippen LogP contribution in [0.15, 0.2) is 42.6 Å². The maximum Gasteiger partial charge on any atom is 0.416 e. The second-order valence-corrected chi connectivity index (χ2v) is 4.39. The number of hydrazine groups is 1. The number of pyridine rings is 1. The van der Waals surface area contributed by atoms with Crippen LogP contribution in [0.3, 0.4) is 0 Å². The van der Waals surface area contributed by atoms with E-state index >= 15 is 0 Å². The fourth-order valence-electron chi connectivity index (χ4n) is 1.81. The van der Waals surface area contributed by atoms with Crippen molar-refractivity contribution in [3.63, 3.8) is 0 Å². The fraction of sp³-hybridized carbons (Fsp3) is 0.214. The van der Waals surface area contributed by atoms with Crippen molar-refractivity contribution in [3.8, 4) is 0 Å². The maximum absolute atomic E-state index is 12.4. The third kappa shape index (κ3) is 3.71. The van der Waals surface area contributed by atoms with Gasteiger partial charge in [-0.3, -0.25) is 0 Å². The first-order valence-electron chi connectivity index (χ1n) is 6.07. The second-order valence-electron chi connectivity index (χ2n) is 4.39. The average molecular weight is 281 g/mol. The average Bonchev–Trinajstić information content (AvgIpc) is 2.45. The normalized spacial score (nSPS) is 11.4. The molecule has 1 aromatic carbocycles. The number of hydrogen-bond donors (Lipinski definition) is 2. The minimum atomic E-state index is -4.28. The summed E-state index contributed by atoms with van der Waals surface area (Å²) in [5, 5.41) is 0. The number of anilines is 1. The number of alkyl halides is 3. The molecule has 0 unspecified atom stereocenters. The highest BCUT2D eigenvalue weighted by Gasteiger charge is 2.29. The topological polar surface area (TPSA) is 50.9 Å². The zero-order valence-electron chi connectivity index (χ0n) is 10.6. The van der Waals surface area contributed by atoms with Gasteiger partial charge >= 0.3 is 6.18 Å². The first kappa shape index (κ1) is 14.3. The van der Waals surface area contributed by atoms with Gasteiger partial charge in [0.15, 0.2) is 0 Å². The molecule has 0 radical (unpaired) electrons. The van der Waals surface area contributed by atoms with Crippen molar-refractivity contribution < 1.29 is 13.2 Å². The van der Waals surface area contributed by atoms with Crippen LogP contribution in [0, 0.1) is 0 Å². The highest BCUT2D eigenvalue weighted by atomic mass is 19.4. The van der Waals surface area contributed by atoms with E-state index in [1.54, 1.807) is 12.3 Å². The van der Waals surface area contributed by atoms with Crippen LogP contribution in [0.1, 0.15) is 16.7 Å². The van der Waals surface area contributed by atoms with E-state index in [0.29, 0.717) is 18.7 Å². The Balaban J connectivity index is 1.96. The summed E-state index contributed by atoms with van der Waals surface area (Å²) >= 11 is 0. The summed E-state index contributed by atoms with van der Waals surface area (Å²) in [6.07, 6.45) is -1.22. The fourth-order valence-corrected chi connectivity index (χ4v) is 1.81. The Morgan fingerprint density at radius 3 is 2.05 bits per heavy atom. The molecule has 3 N–H and O–H groups in total.